The van der Waals surface area contributed by atoms with Gasteiger partial charge in [0, 0.05) is 0 Å². The first kappa shape index (κ1) is 21.0. The van der Waals surface area contributed by atoms with Crippen LogP contribution in [0.5, 0.6) is 5.75 Å². The Morgan fingerprint density at radius 2 is 1.71 bits per heavy atom. The third kappa shape index (κ3) is 5.11. The highest BCUT2D eigenvalue weighted by Crippen LogP contribution is 2.25. The highest BCUT2D eigenvalue weighted by atomic mass is 127. The number of amides is 3. The lowest BCUT2D eigenvalue weighted by atomic mass is 10.1. The Labute approximate surface area is 192 Å². The zero-order chi connectivity index (χ0) is 21.8. The third-order valence-corrected chi connectivity index (χ3v) is 5.56. The van der Waals surface area contributed by atoms with E-state index in [1.165, 1.54) is 12.1 Å². The molecule has 0 atom stereocenters. The third-order valence-electron chi connectivity index (χ3n) is 4.72. The summed E-state index contributed by atoms with van der Waals surface area (Å²) in [6.45, 7) is 0.538. The number of nitrogens with one attached hydrogen (secondary N) is 1. The van der Waals surface area contributed by atoms with E-state index in [4.69, 9.17) is 4.74 Å². The highest BCUT2D eigenvalue weighted by Gasteiger charge is 2.33. The van der Waals surface area contributed by atoms with E-state index in [1.54, 1.807) is 18.2 Å². The van der Waals surface area contributed by atoms with Gasteiger partial charge in [0.15, 0.2) is 0 Å². The van der Waals surface area contributed by atoms with E-state index in [-0.39, 0.29) is 18.1 Å². The SMILES string of the molecule is O=C1N/C(=C/c2ccc(OCc3ccccc3)c(I)c2)C(=O)N1Cc1ccc(F)cc1. The second-order valence-corrected chi connectivity index (χ2v) is 8.13. The minimum atomic E-state index is -0.502. The fourth-order valence-electron chi connectivity index (χ4n) is 3.11. The van der Waals surface area contributed by atoms with Gasteiger partial charge >= 0.3 is 6.03 Å². The molecule has 1 N–H and O–H groups in total. The summed E-state index contributed by atoms with van der Waals surface area (Å²) < 4.78 is 19.8. The first-order valence-electron chi connectivity index (χ1n) is 9.55. The molecule has 0 unspecified atom stereocenters. The zero-order valence-electron chi connectivity index (χ0n) is 16.3. The normalized spacial score (nSPS) is 14.8. The number of imide groups is 1. The molecule has 3 aromatic rings. The maximum atomic E-state index is 13.1. The van der Waals surface area contributed by atoms with Crippen LogP contribution in [0.2, 0.25) is 0 Å². The highest BCUT2D eigenvalue weighted by molar-refractivity contribution is 14.1. The number of rotatable bonds is 6. The Bertz CT molecular complexity index is 1150. The maximum absolute atomic E-state index is 13.1. The summed E-state index contributed by atoms with van der Waals surface area (Å²) in [5, 5.41) is 2.61. The van der Waals surface area contributed by atoms with Gasteiger partial charge in [-0.2, -0.15) is 0 Å². The van der Waals surface area contributed by atoms with E-state index in [0.29, 0.717) is 12.2 Å². The summed E-state index contributed by atoms with van der Waals surface area (Å²) in [7, 11) is 0. The molecule has 3 amide bonds. The smallest absolute Gasteiger partial charge is 0.329 e. The van der Waals surface area contributed by atoms with Crippen LogP contribution in [-0.2, 0) is 17.9 Å². The average Bonchev–Trinajstić information content (AvgIpc) is 3.03. The zero-order valence-corrected chi connectivity index (χ0v) is 18.5. The molecule has 1 heterocycles. The van der Waals surface area contributed by atoms with Crippen LogP contribution in [0.25, 0.3) is 6.08 Å². The molecule has 1 aliphatic heterocycles. The van der Waals surface area contributed by atoms with E-state index in [2.05, 4.69) is 27.9 Å². The number of halogens is 2. The molecular weight excluding hydrogens is 510 g/mol. The van der Waals surface area contributed by atoms with Gasteiger partial charge in [-0.25, -0.2) is 9.18 Å². The Morgan fingerprint density at radius 1 is 0.968 bits per heavy atom. The Hall–Kier alpha value is -3.20. The van der Waals surface area contributed by atoms with Crippen LogP contribution in [0.15, 0.2) is 78.5 Å². The van der Waals surface area contributed by atoms with Crippen molar-refractivity contribution in [2.75, 3.05) is 0 Å². The van der Waals surface area contributed by atoms with E-state index in [0.717, 1.165) is 25.3 Å². The molecule has 0 aromatic heterocycles. The molecule has 0 bridgehead atoms. The molecule has 1 fully saturated rings. The molecule has 0 radical (unpaired) electrons. The predicted octanol–water partition coefficient (Wildman–Crippen LogP) is 5.10. The lowest BCUT2D eigenvalue weighted by molar-refractivity contribution is -0.123. The monoisotopic (exact) mass is 528 g/mol. The van der Waals surface area contributed by atoms with Gasteiger partial charge in [-0.15, -0.1) is 0 Å². The summed E-state index contributed by atoms with van der Waals surface area (Å²) in [5.74, 6) is -0.0487. The molecular formula is C24H18FIN2O3. The maximum Gasteiger partial charge on any atom is 0.329 e. The van der Waals surface area contributed by atoms with Gasteiger partial charge < -0.3 is 10.1 Å². The molecule has 0 aliphatic carbocycles. The van der Waals surface area contributed by atoms with Crippen LogP contribution in [0.1, 0.15) is 16.7 Å². The average molecular weight is 528 g/mol. The first-order chi connectivity index (χ1) is 15.0. The van der Waals surface area contributed by atoms with Crippen LogP contribution >= 0.6 is 22.6 Å². The van der Waals surface area contributed by atoms with Crippen LogP contribution < -0.4 is 10.1 Å². The van der Waals surface area contributed by atoms with Gasteiger partial charge in [0.05, 0.1) is 10.1 Å². The van der Waals surface area contributed by atoms with Gasteiger partial charge in [-0.1, -0.05) is 48.5 Å². The molecule has 4 rings (SSSR count). The second-order valence-electron chi connectivity index (χ2n) is 6.97. The predicted molar refractivity (Wildman–Crippen MR) is 123 cm³/mol. The van der Waals surface area contributed by atoms with Crippen molar-refractivity contribution in [3.63, 3.8) is 0 Å². The summed E-state index contributed by atoms with van der Waals surface area (Å²) in [6, 6.07) is 20.6. The molecule has 3 aromatic carbocycles. The van der Waals surface area contributed by atoms with Crippen LogP contribution in [0.3, 0.4) is 0 Å². The van der Waals surface area contributed by atoms with Crippen molar-refractivity contribution in [2.24, 2.45) is 0 Å². The van der Waals surface area contributed by atoms with Crippen molar-refractivity contribution in [2.45, 2.75) is 13.2 Å². The van der Waals surface area contributed by atoms with E-state index < -0.39 is 11.9 Å². The van der Waals surface area contributed by atoms with Crippen molar-refractivity contribution in [3.05, 3.63) is 105 Å². The number of ether oxygens (including phenoxy) is 1. The number of hydrogen-bond donors (Lipinski definition) is 1. The van der Waals surface area contributed by atoms with Gasteiger partial charge in [-0.3, -0.25) is 9.69 Å². The lowest BCUT2D eigenvalue weighted by Gasteiger charge is -2.11. The Kier molecular flexibility index (Phi) is 6.31. The Morgan fingerprint density at radius 3 is 2.42 bits per heavy atom. The number of nitrogens with zero attached hydrogens (tertiary/aromatic N) is 1. The second kappa shape index (κ2) is 9.30. The molecule has 156 valence electrons. The van der Waals surface area contributed by atoms with E-state index in [1.807, 2.05) is 48.5 Å². The quantitative estimate of drug-likeness (QED) is 0.275. The van der Waals surface area contributed by atoms with Gasteiger partial charge in [0.1, 0.15) is 23.9 Å². The minimum absolute atomic E-state index is 0.0755. The summed E-state index contributed by atoms with van der Waals surface area (Å²) >= 11 is 2.18. The van der Waals surface area contributed by atoms with Crippen LogP contribution in [0.4, 0.5) is 9.18 Å². The molecule has 0 spiro atoms. The molecule has 1 saturated heterocycles. The molecule has 0 saturated carbocycles. The lowest BCUT2D eigenvalue weighted by Crippen LogP contribution is -2.30. The fraction of sp³-hybridized carbons (Fsp3) is 0.0833. The first-order valence-corrected chi connectivity index (χ1v) is 10.6. The minimum Gasteiger partial charge on any atom is -0.488 e. The molecule has 7 heteroatoms. The van der Waals surface area contributed by atoms with Crippen molar-refractivity contribution in [1.82, 2.24) is 10.2 Å². The summed E-state index contributed by atoms with van der Waals surface area (Å²) in [5.41, 5.74) is 2.70. The number of carbonyl (C=O) groups is 2. The van der Waals surface area contributed by atoms with Crippen LogP contribution in [-0.4, -0.2) is 16.8 Å². The molecule has 1 aliphatic rings. The van der Waals surface area contributed by atoms with Crippen molar-refractivity contribution in [1.29, 1.82) is 0 Å². The van der Waals surface area contributed by atoms with Gasteiger partial charge in [0.25, 0.3) is 5.91 Å². The topological polar surface area (TPSA) is 58.6 Å². The number of carbonyl (C=O) groups excluding carboxylic acids is 2. The van der Waals surface area contributed by atoms with Crippen molar-refractivity contribution >= 4 is 40.6 Å². The van der Waals surface area contributed by atoms with Crippen LogP contribution in [0, 0.1) is 9.39 Å². The van der Waals surface area contributed by atoms with Crippen molar-refractivity contribution in [3.8, 4) is 5.75 Å². The van der Waals surface area contributed by atoms with Crippen molar-refractivity contribution < 1.29 is 18.7 Å². The number of urea groups is 1. The summed E-state index contributed by atoms with van der Waals surface area (Å²) in [4.78, 5) is 26.0. The fourth-order valence-corrected chi connectivity index (χ4v) is 3.81. The number of hydrogen-bond acceptors (Lipinski definition) is 3. The largest absolute Gasteiger partial charge is 0.488 e. The summed E-state index contributed by atoms with van der Waals surface area (Å²) in [6.07, 6.45) is 1.63. The van der Waals surface area contributed by atoms with E-state index >= 15 is 0 Å². The van der Waals surface area contributed by atoms with Gasteiger partial charge in [-0.05, 0) is 69.6 Å². The molecule has 5 nitrogen and oxygen atoms in total. The Balaban J connectivity index is 1.45. The number of benzene rings is 3. The van der Waals surface area contributed by atoms with E-state index in [9.17, 15) is 14.0 Å². The standard InChI is InChI=1S/C24H18FIN2O3/c25-19-9-6-16(7-10-19)14-28-23(29)21(27-24(28)30)13-18-8-11-22(20(26)12-18)31-15-17-4-2-1-3-5-17/h1-13H,14-15H2,(H,27,30)/b21-13+. The molecule has 31 heavy (non-hydrogen) atoms. The van der Waals surface area contributed by atoms with Gasteiger partial charge in [0.2, 0.25) is 0 Å².